The number of phenolic OH excluding ortho intramolecular Hbond substituents is 1. The van der Waals surface area contributed by atoms with Crippen molar-refractivity contribution in [2.45, 2.75) is 6.42 Å². The van der Waals surface area contributed by atoms with Crippen LogP contribution in [0, 0.1) is 12.3 Å². The van der Waals surface area contributed by atoms with Crippen molar-refractivity contribution in [2.75, 3.05) is 6.61 Å². The zero-order chi connectivity index (χ0) is 12.7. The molecule has 1 aromatic carbocycles. The molecule has 5 heteroatoms. The SMILES string of the molecule is C#CCO/N=C(/Cc1ccc(O)cc1)C(=O)O. The van der Waals surface area contributed by atoms with Crippen molar-refractivity contribution in [2.24, 2.45) is 5.16 Å². The van der Waals surface area contributed by atoms with Crippen molar-refractivity contribution >= 4 is 11.7 Å². The molecular weight excluding hydrogens is 222 g/mol. The van der Waals surface area contributed by atoms with Crippen molar-refractivity contribution < 1.29 is 19.8 Å². The molecule has 17 heavy (non-hydrogen) atoms. The molecule has 1 rings (SSSR count). The first-order valence-electron chi connectivity index (χ1n) is 4.77. The maximum absolute atomic E-state index is 10.9. The highest BCUT2D eigenvalue weighted by Crippen LogP contribution is 2.10. The lowest BCUT2D eigenvalue weighted by Gasteiger charge is -2.02. The van der Waals surface area contributed by atoms with Crippen LogP contribution in [0.15, 0.2) is 29.4 Å². The number of hydrogen-bond donors (Lipinski definition) is 2. The Hall–Kier alpha value is -2.48. The molecule has 0 aliphatic rings. The minimum absolute atomic E-state index is 0.0770. The number of aromatic hydroxyl groups is 1. The van der Waals surface area contributed by atoms with Crippen LogP contribution in [-0.4, -0.2) is 28.5 Å². The molecule has 0 radical (unpaired) electrons. The van der Waals surface area contributed by atoms with Crippen LogP contribution in [0.5, 0.6) is 5.75 Å². The van der Waals surface area contributed by atoms with Crippen LogP contribution >= 0.6 is 0 Å². The molecule has 1 aromatic rings. The van der Waals surface area contributed by atoms with Gasteiger partial charge in [0.2, 0.25) is 0 Å². The fourth-order valence-corrected chi connectivity index (χ4v) is 1.10. The normalized spacial score (nSPS) is 10.6. The molecule has 0 heterocycles. The van der Waals surface area contributed by atoms with Crippen LogP contribution in [0.1, 0.15) is 5.56 Å². The van der Waals surface area contributed by atoms with E-state index < -0.39 is 5.97 Å². The van der Waals surface area contributed by atoms with Gasteiger partial charge in [-0.05, 0) is 17.7 Å². The summed E-state index contributed by atoms with van der Waals surface area (Å²) in [4.78, 5) is 15.5. The Morgan fingerprint density at radius 3 is 2.59 bits per heavy atom. The first-order valence-corrected chi connectivity index (χ1v) is 4.77. The van der Waals surface area contributed by atoms with Gasteiger partial charge in [-0.15, -0.1) is 6.42 Å². The second kappa shape index (κ2) is 6.18. The Labute approximate surface area is 98.3 Å². The molecule has 0 amide bonds. The molecular formula is C12H11NO4. The molecule has 88 valence electrons. The molecule has 0 aromatic heterocycles. The summed E-state index contributed by atoms with van der Waals surface area (Å²) in [7, 11) is 0. The molecule has 0 fully saturated rings. The minimum atomic E-state index is -1.17. The second-order valence-electron chi connectivity index (χ2n) is 3.16. The number of phenols is 1. The molecule has 0 bridgehead atoms. The summed E-state index contributed by atoms with van der Waals surface area (Å²) in [5.74, 6) is 1.12. The number of carbonyl (C=O) groups is 1. The van der Waals surface area contributed by atoms with Crippen molar-refractivity contribution in [1.29, 1.82) is 0 Å². The number of aliphatic carboxylic acids is 1. The van der Waals surface area contributed by atoms with E-state index in [0.29, 0.717) is 5.56 Å². The van der Waals surface area contributed by atoms with E-state index >= 15 is 0 Å². The van der Waals surface area contributed by atoms with Gasteiger partial charge in [-0.3, -0.25) is 0 Å². The molecule has 0 saturated carbocycles. The number of carboxylic acid groups (broad SMARTS) is 1. The molecule has 0 atom stereocenters. The van der Waals surface area contributed by atoms with Gasteiger partial charge in [-0.2, -0.15) is 0 Å². The molecule has 2 N–H and O–H groups in total. The van der Waals surface area contributed by atoms with Crippen molar-refractivity contribution in [3.8, 4) is 18.1 Å². The van der Waals surface area contributed by atoms with Gasteiger partial charge in [0.25, 0.3) is 0 Å². The molecule has 0 aliphatic heterocycles. The Kier molecular flexibility index (Phi) is 4.58. The van der Waals surface area contributed by atoms with Gasteiger partial charge in [0, 0.05) is 6.42 Å². The maximum atomic E-state index is 10.9. The zero-order valence-corrected chi connectivity index (χ0v) is 8.96. The quantitative estimate of drug-likeness (QED) is 0.344. The summed E-state index contributed by atoms with van der Waals surface area (Å²) in [6.07, 6.45) is 5.04. The van der Waals surface area contributed by atoms with E-state index in [1.807, 2.05) is 0 Å². The summed E-state index contributed by atoms with van der Waals surface area (Å²) in [6, 6.07) is 6.15. The van der Waals surface area contributed by atoms with E-state index in [2.05, 4.69) is 15.9 Å². The summed E-state index contributed by atoms with van der Waals surface area (Å²) in [5.41, 5.74) is 0.555. The number of rotatable bonds is 5. The van der Waals surface area contributed by atoms with E-state index in [-0.39, 0.29) is 24.5 Å². The number of nitrogens with zero attached hydrogens (tertiary/aromatic N) is 1. The van der Waals surface area contributed by atoms with Gasteiger partial charge in [-0.25, -0.2) is 4.79 Å². The minimum Gasteiger partial charge on any atom is -0.508 e. The maximum Gasteiger partial charge on any atom is 0.354 e. The second-order valence-corrected chi connectivity index (χ2v) is 3.16. The zero-order valence-electron chi connectivity index (χ0n) is 8.96. The Balaban J connectivity index is 2.74. The fourth-order valence-electron chi connectivity index (χ4n) is 1.10. The van der Waals surface area contributed by atoms with E-state index in [0.717, 1.165) is 0 Å². The summed E-state index contributed by atoms with van der Waals surface area (Å²) < 4.78 is 0. The van der Waals surface area contributed by atoms with Gasteiger partial charge in [0.1, 0.15) is 5.75 Å². The van der Waals surface area contributed by atoms with E-state index in [4.69, 9.17) is 16.6 Å². The topological polar surface area (TPSA) is 79.1 Å². The van der Waals surface area contributed by atoms with Crippen LogP contribution in [0.4, 0.5) is 0 Å². The Morgan fingerprint density at radius 2 is 2.06 bits per heavy atom. The highest BCUT2D eigenvalue weighted by molar-refractivity contribution is 6.35. The van der Waals surface area contributed by atoms with Gasteiger partial charge in [0.15, 0.2) is 12.3 Å². The van der Waals surface area contributed by atoms with Gasteiger partial charge < -0.3 is 15.1 Å². The van der Waals surface area contributed by atoms with Crippen LogP contribution in [-0.2, 0) is 16.1 Å². The van der Waals surface area contributed by atoms with E-state index in [1.54, 1.807) is 12.1 Å². The van der Waals surface area contributed by atoms with Crippen LogP contribution in [0.2, 0.25) is 0 Å². The summed E-state index contributed by atoms with van der Waals surface area (Å²) >= 11 is 0. The molecule has 5 nitrogen and oxygen atoms in total. The summed E-state index contributed by atoms with van der Waals surface area (Å²) in [5, 5.41) is 21.4. The monoisotopic (exact) mass is 233 g/mol. The highest BCUT2D eigenvalue weighted by atomic mass is 16.6. The van der Waals surface area contributed by atoms with Gasteiger partial charge in [-0.1, -0.05) is 23.2 Å². The number of carboxylic acids is 1. The predicted octanol–water partition coefficient (Wildman–Crippen LogP) is 1.03. The Morgan fingerprint density at radius 1 is 1.41 bits per heavy atom. The first-order chi connectivity index (χ1) is 8.13. The molecule has 0 aliphatic carbocycles. The number of oxime groups is 1. The predicted molar refractivity (Wildman–Crippen MR) is 61.7 cm³/mol. The lowest BCUT2D eigenvalue weighted by molar-refractivity contribution is -0.129. The van der Waals surface area contributed by atoms with Gasteiger partial charge >= 0.3 is 5.97 Å². The standard InChI is InChI=1S/C12H11NO4/c1-2-7-17-13-11(12(15)16)8-9-3-5-10(14)6-4-9/h1,3-6,14H,7-8H2,(H,15,16)/b13-11-. The van der Waals surface area contributed by atoms with Crippen LogP contribution in [0.25, 0.3) is 0 Å². The lowest BCUT2D eigenvalue weighted by atomic mass is 10.1. The third kappa shape index (κ3) is 4.26. The highest BCUT2D eigenvalue weighted by Gasteiger charge is 2.11. The smallest absolute Gasteiger partial charge is 0.354 e. The summed E-state index contributed by atoms with van der Waals surface area (Å²) in [6.45, 7) is -0.0770. The number of benzene rings is 1. The third-order valence-corrected chi connectivity index (χ3v) is 1.88. The first kappa shape index (κ1) is 12.6. The molecule has 0 saturated heterocycles. The molecule has 0 spiro atoms. The van der Waals surface area contributed by atoms with Crippen LogP contribution in [0.3, 0.4) is 0 Å². The number of terminal acetylenes is 1. The van der Waals surface area contributed by atoms with E-state index in [9.17, 15) is 4.79 Å². The van der Waals surface area contributed by atoms with Crippen LogP contribution < -0.4 is 0 Å². The largest absolute Gasteiger partial charge is 0.508 e. The molecule has 0 unspecified atom stereocenters. The third-order valence-electron chi connectivity index (χ3n) is 1.88. The van der Waals surface area contributed by atoms with Crippen molar-refractivity contribution in [1.82, 2.24) is 0 Å². The Bertz CT molecular complexity index is 456. The average molecular weight is 233 g/mol. The van der Waals surface area contributed by atoms with Gasteiger partial charge in [0.05, 0.1) is 0 Å². The lowest BCUT2D eigenvalue weighted by Crippen LogP contribution is -2.16. The fraction of sp³-hybridized carbons (Fsp3) is 0.167. The van der Waals surface area contributed by atoms with E-state index in [1.165, 1.54) is 12.1 Å². The number of hydrogen-bond acceptors (Lipinski definition) is 4. The average Bonchev–Trinajstić information content (AvgIpc) is 2.30. The van der Waals surface area contributed by atoms with Crippen molar-refractivity contribution in [3.05, 3.63) is 29.8 Å². The van der Waals surface area contributed by atoms with Crippen molar-refractivity contribution in [3.63, 3.8) is 0 Å².